The zero-order valence-corrected chi connectivity index (χ0v) is 8.29. The number of nitrogens with zero attached hydrogens (tertiary/aromatic N) is 1. The van der Waals surface area contributed by atoms with E-state index < -0.39 is 0 Å². The van der Waals surface area contributed by atoms with E-state index in [0.29, 0.717) is 11.6 Å². The van der Waals surface area contributed by atoms with Gasteiger partial charge in [0.2, 0.25) is 0 Å². The maximum Gasteiger partial charge on any atom is 0.262 e. The number of carbonyl (C=O) groups excluding carboxylic acids is 1. The molecule has 1 saturated heterocycles. The van der Waals surface area contributed by atoms with Crippen molar-refractivity contribution in [1.82, 2.24) is 10.6 Å². The lowest BCUT2D eigenvalue weighted by atomic mass is 10.0. The molecule has 1 aliphatic heterocycles. The van der Waals surface area contributed by atoms with Gasteiger partial charge in [-0.25, -0.2) is 5.32 Å². The summed E-state index contributed by atoms with van der Waals surface area (Å²) in [6, 6.07) is 6.97. The third-order valence-electron chi connectivity index (χ3n) is 2.19. The summed E-state index contributed by atoms with van der Waals surface area (Å²) in [6.07, 6.45) is 0. The van der Waals surface area contributed by atoms with Gasteiger partial charge in [0.15, 0.2) is 0 Å². The van der Waals surface area contributed by atoms with Gasteiger partial charge < -0.3 is 5.32 Å². The summed E-state index contributed by atoms with van der Waals surface area (Å²) in [6.45, 7) is 1.28. The van der Waals surface area contributed by atoms with E-state index in [2.05, 4.69) is 10.6 Å². The number of rotatable bonds is 1. The number of amides is 1. The molecule has 0 aliphatic carbocycles. The predicted molar refractivity (Wildman–Crippen MR) is 54.2 cm³/mol. The maximum absolute atomic E-state index is 11.5. The quantitative estimate of drug-likeness (QED) is 0.753. The highest BCUT2D eigenvalue weighted by molar-refractivity contribution is 6.31. The smallest absolute Gasteiger partial charge is 0.262 e. The van der Waals surface area contributed by atoms with Gasteiger partial charge in [-0.1, -0.05) is 29.8 Å². The van der Waals surface area contributed by atoms with Crippen LogP contribution in [0.25, 0.3) is 0 Å². The fourth-order valence-corrected chi connectivity index (χ4v) is 1.75. The summed E-state index contributed by atoms with van der Waals surface area (Å²) in [5.74, 6) is -0.135. The monoisotopic (exact) mass is 209 g/mol. The molecule has 0 spiro atoms. The second-order valence-electron chi connectivity index (χ2n) is 3.13. The van der Waals surface area contributed by atoms with Crippen molar-refractivity contribution >= 4 is 17.5 Å². The van der Waals surface area contributed by atoms with E-state index in [1.165, 1.54) is 0 Å². The Morgan fingerprint density at radius 1 is 1.43 bits per heavy atom. The fourth-order valence-electron chi connectivity index (χ4n) is 1.51. The van der Waals surface area contributed by atoms with Gasteiger partial charge in [-0.3, -0.25) is 4.79 Å². The van der Waals surface area contributed by atoms with Gasteiger partial charge in [0.05, 0.1) is 6.54 Å². The molecule has 1 aromatic carbocycles. The topological polar surface area (TPSA) is 43.2 Å². The third-order valence-corrected chi connectivity index (χ3v) is 2.54. The van der Waals surface area contributed by atoms with Crippen LogP contribution < -0.4 is 10.6 Å². The molecule has 3 nitrogen and oxygen atoms in total. The Labute approximate surface area is 87.4 Å². The van der Waals surface area contributed by atoms with E-state index in [1.54, 1.807) is 6.07 Å². The van der Waals surface area contributed by atoms with Crippen LogP contribution in [0.2, 0.25) is 5.02 Å². The number of piperazine rings is 1. The number of nitrogens with one attached hydrogen (secondary N) is 1. The molecule has 14 heavy (non-hydrogen) atoms. The number of hydrogen-bond donors (Lipinski definition) is 1. The highest BCUT2D eigenvalue weighted by Gasteiger charge is 2.25. The summed E-state index contributed by atoms with van der Waals surface area (Å²) in [7, 11) is 0. The van der Waals surface area contributed by atoms with E-state index in [1.807, 2.05) is 18.2 Å². The lowest BCUT2D eigenvalue weighted by Gasteiger charge is -2.22. The Hall–Kier alpha value is -1.06. The van der Waals surface area contributed by atoms with Crippen LogP contribution in [-0.2, 0) is 4.79 Å². The zero-order valence-electron chi connectivity index (χ0n) is 7.53. The minimum absolute atomic E-state index is 0.135. The van der Waals surface area contributed by atoms with Crippen molar-refractivity contribution in [3.8, 4) is 0 Å². The Kier molecular flexibility index (Phi) is 2.70. The zero-order chi connectivity index (χ0) is 9.97. The van der Waals surface area contributed by atoms with Crippen molar-refractivity contribution < 1.29 is 4.79 Å². The molecule has 0 saturated carbocycles. The van der Waals surface area contributed by atoms with Gasteiger partial charge >= 0.3 is 0 Å². The molecule has 1 amide bonds. The first kappa shape index (κ1) is 9.49. The molecule has 2 rings (SSSR count). The summed E-state index contributed by atoms with van der Waals surface area (Å²) in [4.78, 5) is 11.5. The van der Waals surface area contributed by atoms with Crippen LogP contribution in [-0.4, -0.2) is 19.0 Å². The Morgan fingerprint density at radius 3 is 2.93 bits per heavy atom. The van der Waals surface area contributed by atoms with E-state index >= 15 is 0 Å². The molecule has 1 unspecified atom stereocenters. The van der Waals surface area contributed by atoms with Crippen molar-refractivity contribution in [2.75, 3.05) is 13.1 Å². The van der Waals surface area contributed by atoms with Crippen LogP contribution >= 0.6 is 11.6 Å². The largest absolute Gasteiger partial charge is 0.300 e. The first-order valence-electron chi connectivity index (χ1n) is 4.48. The SMILES string of the molecule is O=C1[N]CCNC1c1ccccc1Cl. The van der Waals surface area contributed by atoms with Crippen LogP contribution in [0.3, 0.4) is 0 Å². The van der Waals surface area contributed by atoms with Gasteiger partial charge in [-0.05, 0) is 11.6 Å². The number of halogens is 1. The molecule has 1 atom stereocenters. The Morgan fingerprint density at radius 2 is 2.21 bits per heavy atom. The molecule has 73 valence electrons. The summed E-state index contributed by atoms with van der Waals surface area (Å²) in [5, 5.41) is 7.57. The van der Waals surface area contributed by atoms with E-state index in [4.69, 9.17) is 11.6 Å². The summed E-state index contributed by atoms with van der Waals surface area (Å²) in [5.41, 5.74) is 0.808. The maximum atomic E-state index is 11.5. The third kappa shape index (κ3) is 1.74. The van der Waals surface area contributed by atoms with Crippen molar-refractivity contribution in [2.45, 2.75) is 6.04 Å². The van der Waals surface area contributed by atoms with E-state index in [9.17, 15) is 4.79 Å². The minimum atomic E-state index is -0.363. The van der Waals surface area contributed by atoms with Gasteiger partial charge in [0, 0.05) is 11.6 Å². The molecular weight excluding hydrogens is 200 g/mol. The Balaban J connectivity index is 2.29. The van der Waals surface area contributed by atoms with Crippen LogP contribution in [0.15, 0.2) is 24.3 Å². The molecule has 1 radical (unpaired) electrons. The molecule has 4 heteroatoms. The number of hydrogen-bond acceptors (Lipinski definition) is 2. The van der Waals surface area contributed by atoms with Crippen LogP contribution in [0.1, 0.15) is 11.6 Å². The first-order valence-corrected chi connectivity index (χ1v) is 4.86. The molecule has 1 N–H and O–H groups in total. The average Bonchev–Trinajstić information content (AvgIpc) is 2.20. The normalized spacial score (nSPS) is 21.8. The molecule has 1 heterocycles. The van der Waals surface area contributed by atoms with Crippen molar-refractivity contribution in [2.24, 2.45) is 0 Å². The fraction of sp³-hybridized carbons (Fsp3) is 0.300. The van der Waals surface area contributed by atoms with E-state index in [-0.39, 0.29) is 11.9 Å². The molecular formula is C10H10ClN2O. The van der Waals surface area contributed by atoms with Crippen LogP contribution in [0.5, 0.6) is 0 Å². The van der Waals surface area contributed by atoms with Crippen molar-refractivity contribution in [3.05, 3.63) is 34.9 Å². The average molecular weight is 210 g/mol. The van der Waals surface area contributed by atoms with Gasteiger partial charge in [-0.2, -0.15) is 0 Å². The van der Waals surface area contributed by atoms with E-state index in [0.717, 1.165) is 12.1 Å². The van der Waals surface area contributed by atoms with Gasteiger partial charge in [-0.15, -0.1) is 0 Å². The highest BCUT2D eigenvalue weighted by Crippen LogP contribution is 2.23. The van der Waals surface area contributed by atoms with Crippen LogP contribution in [0.4, 0.5) is 0 Å². The minimum Gasteiger partial charge on any atom is -0.300 e. The van der Waals surface area contributed by atoms with Crippen molar-refractivity contribution in [3.63, 3.8) is 0 Å². The molecule has 0 aromatic heterocycles. The first-order chi connectivity index (χ1) is 6.79. The Bertz CT molecular complexity index is 354. The van der Waals surface area contributed by atoms with Crippen molar-refractivity contribution in [1.29, 1.82) is 0 Å². The number of benzene rings is 1. The second-order valence-corrected chi connectivity index (χ2v) is 3.54. The molecule has 1 aliphatic rings. The molecule has 1 aromatic rings. The van der Waals surface area contributed by atoms with Gasteiger partial charge in [0.25, 0.3) is 5.91 Å². The summed E-state index contributed by atoms with van der Waals surface area (Å²) >= 11 is 5.99. The second kappa shape index (κ2) is 3.98. The molecule has 0 bridgehead atoms. The van der Waals surface area contributed by atoms with Crippen LogP contribution in [0, 0.1) is 0 Å². The highest BCUT2D eigenvalue weighted by atomic mass is 35.5. The molecule has 1 fully saturated rings. The van der Waals surface area contributed by atoms with Gasteiger partial charge in [0.1, 0.15) is 6.04 Å². The predicted octanol–water partition coefficient (Wildman–Crippen LogP) is 1.12. The summed E-state index contributed by atoms with van der Waals surface area (Å²) < 4.78 is 0. The number of carbonyl (C=O) groups is 1. The lowest BCUT2D eigenvalue weighted by Crippen LogP contribution is -2.43. The standard InChI is InChI=1S/C10H10ClN2O/c11-8-4-2-1-3-7(8)9-10(14)13-6-5-12-9/h1-4,9,12H,5-6H2. The lowest BCUT2D eigenvalue weighted by molar-refractivity contribution is -0.124.